The number of carbonyl (C=O) groups excluding carboxylic acids is 1. The van der Waals surface area contributed by atoms with E-state index in [1.165, 1.54) is 18.2 Å². The molecule has 0 atom stereocenters. The largest absolute Gasteiger partial charge is 0.497 e. The number of ether oxygens (including phenoxy) is 1. The summed E-state index contributed by atoms with van der Waals surface area (Å²) in [5, 5.41) is 4.50. The van der Waals surface area contributed by atoms with Gasteiger partial charge in [0.25, 0.3) is 5.56 Å². The van der Waals surface area contributed by atoms with Crippen molar-refractivity contribution in [2.45, 2.75) is 43.3 Å². The van der Waals surface area contributed by atoms with E-state index in [0.29, 0.717) is 27.6 Å². The van der Waals surface area contributed by atoms with Crippen LogP contribution in [0.1, 0.15) is 32.1 Å². The van der Waals surface area contributed by atoms with E-state index < -0.39 is 0 Å². The van der Waals surface area contributed by atoms with Gasteiger partial charge in [-0.15, -0.1) is 0 Å². The third kappa shape index (κ3) is 4.35. The van der Waals surface area contributed by atoms with Gasteiger partial charge in [0.15, 0.2) is 5.16 Å². The van der Waals surface area contributed by atoms with Gasteiger partial charge in [-0.25, -0.2) is 4.98 Å². The number of aromatic nitrogens is 3. The van der Waals surface area contributed by atoms with Crippen LogP contribution in [0.4, 0.5) is 0 Å². The van der Waals surface area contributed by atoms with Crippen molar-refractivity contribution < 1.29 is 9.53 Å². The number of para-hydroxylation sites is 1. The van der Waals surface area contributed by atoms with Crippen LogP contribution in [0, 0.1) is 0 Å². The normalized spacial score (nSPS) is 14.6. The summed E-state index contributed by atoms with van der Waals surface area (Å²) in [5.74, 6) is 0.806. The molecule has 0 bridgehead atoms. The van der Waals surface area contributed by atoms with E-state index in [2.05, 4.69) is 10.3 Å². The highest BCUT2D eigenvalue weighted by atomic mass is 32.2. The monoisotopic (exact) mass is 462 g/mol. The highest BCUT2D eigenvalue weighted by Crippen LogP contribution is 2.27. The molecule has 7 nitrogen and oxygen atoms in total. The average Bonchev–Trinajstić information content (AvgIpc) is 3.22. The minimum absolute atomic E-state index is 0.0302. The summed E-state index contributed by atoms with van der Waals surface area (Å²) in [4.78, 5) is 34.4. The van der Waals surface area contributed by atoms with Crippen LogP contribution >= 0.6 is 11.8 Å². The SMILES string of the molecule is COc1cccc(-n2c(SCC(=O)NC3CCCCC3)nc3c([nH]c4ccccc43)c2=O)c1. The van der Waals surface area contributed by atoms with Gasteiger partial charge >= 0.3 is 0 Å². The van der Waals surface area contributed by atoms with Crippen LogP contribution in [0.5, 0.6) is 5.75 Å². The maximum atomic E-state index is 13.6. The summed E-state index contributed by atoms with van der Waals surface area (Å²) in [6, 6.07) is 15.3. The first kappa shape index (κ1) is 21.6. The van der Waals surface area contributed by atoms with Crippen LogP contribution in [0.25, 0.3) is 27.6 Å². The Kier molecular flexibility index (Phi) is 6.09. The topological polar surface area (TPSA) is 89.0 Å². The molecule has 33 heavy (non-hydrogen) atoms. The number of amides is 1. The van der Waals surface area contributed by atoms with E-state index in [0.717, 1.165) is 36.6 Å². The number of rotatable bonds is 6. The zero-order chi connectivity index (χ0) is 22.8. The fourth-order valence-corrected chi connectivity index (χ4v) is 5.28. The van der Waals surface area contributed by atoms with Gasteiger partial charge in [0.2, 0.25) is 5.91 Å². The first-order valence-corrected chi connectivity index (χ1v) is 12.2. The molecule has 0 saturated heterocycles. The van der Waals surface area contributed by atoms with Gasteiger partial charge in [0.1, 0.15) is 16.8 Å². The van der Waals surface area contributed by atoms with Gasteiger partial charge < -0.3 is 15.0 Å². The summed E-state index contributed by atoms with van der Waals surface area (Å²) in [7, 11) is 1.59. The van der Waals surface area contributed by atoms with E-state index in [-0.39, 0.29) is 23.3 Å². The quantitative estimate of drug-likeness (QED) is 0.327. The maximum absolute atomic E-state index is 13.6. The molecule has 5 rings (SSSR count). The van der Waals surface area contributed by atoms with Gasteiger partial charge in [-0.3, -0.25) is 14.2 Å². The molecule has 1 amide bonds. The molecule has 0 radical (unpaired) electrons. The predicted octanol–water partition coefficient (Wildman–Crippen LogP) is 4.42. The van der Waals surface area contributed by atoms with Gasteiger partial charge in [0.05, 0.1) is 18.6 Å². The first-order chi connectivity index (χ1) is 16.1. The lowest BCUT2D eigenvalue weighted by Crippen LogP contribution is -2.37. The van der Waals surface area contributed by atoms with Crippen LogP contribution < -0.4 is 15.6 Å². The Labute approximate surface area is 195 Å². The van der Waals surface area contributed by atoms with Crippen LogP contribution in [0.15, 0.2) is 58.5 Å². The van der Waals surface area contributed by atoms with E-state index in [1.54, 1.807) is 17.7 Å². The number of carbonyl (C=O) groups is 1. The van der Waals surface area contributed by atoms with Crippen molar-refractivity contribution in [2.24, 2.45) is 0 Å². The van der Waals surface area contributed by atoms with Crippen molar-refractivity contribution in [3.63, 3.8) is 0 Å². The Balaban J connectivity index is 1.55. The number of benzene rings is 2. The van der Waals surface area contributed by atoms with Crippen LogP contribution in [-0.2, 0) is 4.79 Å². The minimum atomic E-state index is -0.209. The van der Waals surface area contributed by atoms with Crippen LogP contribution in [-0.4, -0.2) is 39.3 Å². The molecule has 2 aromatic heterocycles. The average molecular weight is 463 g/mol. The Bertz CT molecular complexity index is 1370. The van der Waals surface area contributed by atoms with E-state index in [4.69, 9.17) is 9.72 Å². The van der Waals surface area contributed by atoms with E-state index >= 15 is 0 Å². The Morgan fingerprint density at radius 1 is 1.18 bits per heavy atom. The lowest BCUT2D eigenvalue weighted by molar-refractivity contribution is -0.119. The fraction of sp³-hybridized carbons (Fsp3) is 0.320. The molecule has 2 N–H and O–H groups in total. The Morgan fingerprint density at radius 2 is 2.00 bits per heavy atom. The molecule has 0 aliphatic heterocycles. The number of fused-ring (bicyclic) bond motifs is 3. The molecule has 0 unspecified atom stereocenters. The number of nitrogens with one attached hydrogen (secondary N) is 2. The predicted molar refractivity (Wildman–Crippen MR) is 131 cm³/mol. The summed E-state index contributed by atoms with van der Waals surface area (Å²) >= 11 is 1.28. The minimum Gasteiger partial charge on any atom is -0.497 e. The van der Waals surface area contributed by atoms with Crippen LogP contribution in [0.3, 0.4) is 0 Å². The highest BCUT2D eigenvalue weighted by molar-refractivity contribution is 7.99. The fourth-order valence-electron chi connectivity index (χ4n) is 4.46. The molecule has 1 aliphatic rings. The molecule has 8 heteroatoms. The number of aromatic amines is 1. The molecule has 4 aromatic rings. The van der Waals surface area contributed by atoms with Gasteiger partial charge in [0, 0.05) is 23.0 Å². The molecule has 170 valence electrons. The number of H-pyrrole nitrogens is 1. The molecule has 2 heterocycles. The third-order valence-corrected chi connectivity index (χ3v) is 7.05. The summed E-state index contributed by atoms with van der Waals surface area (Å²) < 4.78 is 6.91. The molecular weight excluding hydrogens is 436 g/mol. The maximum Gasteiger partial charge on any atom is 0.283 e. The van der Waals surface area contributed by atoms with Crippen molar-refractivity contribution in [2.75, 3.05) is 12.9 Å². The Hall–Kier alpha value is -3.26. The molecule has 2 aromatic carbocycles. The lowest BCUT2D eigenvalue weighted by Gasteiger charge is -2.22. The highest BCUT2D eigenvalue weighted by Gasteiger charge is 2.20. The Morgan fingerprint density at radius 3 is 2.82 bits per heavy atom. The standard InChI is InChI=1S/C25H26N4O3S/c1-32-18-11-7-10-17(14-18)29-24(31)23-22(19-12-5-6-13-20(19)27-23)28-25(29)33-15-21(30)26-16-8-3-2-4-9-16/h5-7,10-14,16,27H,2-4,8-9,15H2,1H3,(H,26,30). The summed E-state index contributed by atoms with van der Waals surface area (Å²) in [6.07, 6.45) is 5.62. The van der Waals surface area contributed by atoms with Gasteiger partial charge in [-0.1, -0.05) is 55.3 Å². The number of nitrogens with zero attached hydrogens (tertiary/aromatic N) is 2. The van der Waals surface area contributed by atoms with Crippen LogP contribution in [0.2, 0.25) is 0 Å². The van der Waals surface area contributed by atoms with Crippen molar-refractivity contribution >= 4 is 39.6 Å². The smallest absolute Gasteiger partial charge is 0.283 e. The first-order valence-electron chi connectivity index (χ1n) is 11.2. The van der Waals surface area contributed by atoms with Crippen molar-refractivity contribution in [1.82, 2.24) is 19.9 Å². The third-order valence-electron chi connectivity index (χ3n) is 6.11. The zero-order valence-electron chi connectivity index (χ0n) is 18.5. The molecular formula is C25H26N4O3S. The second-order valence-electron chi connectivity index (χ2n) is 8.32. The van der Waals surface area contributed by atoms with Crippen molar-refractivity contribution in [3.8, 4) is 11.4 Å². The lowest BCUT2D eigenvalue weighted by atomic mass is 9.95. The summed E-state index contributed by atoms with van der Waals surface area (Å²) in [5.41, 5.74) is 2.34. The number of hydrogen-bond donors (Lipinski definition) is 2. The number of hydrogen-bond acceptors (Lipinski definition) is 5. The zero-order valence-corrected chi connectivity index (χ0v) is 19.3. The van der Waals surface area contributed by atoms with Crippen molar-refractivity contribution in [1.29, 1.82) is 0 Å². The van der Waals surface area contributed by atoms with Gasteiger partial charge in [-0.2, -0.15) is 0 Å². The molecule has 1 saturated carbocycles. The second-order valence-corrected chi connectivity index (χ2v) is 9.26. The van der Waals surface area contributed by atoms with Gasteiger partial charge in [-0.05, 0) is 31.0 Å². The molecule has 1 aliphatic carbocycles. The van der Waals surface area contributed by atoms with Crippen molar-refractivity contribution in [3.05, 3.63) is 58.9 Å². The molecule has 1 fully saturated rings. The molecule has 0 spiro atoms. The second kappa shape index (κ2) is 9.31. The summed E-state index contributed by atoms with van der Waals surface area (Å²) in [6.45, 7) is 0. The number of thioether (sulfide) groups is 1. The van der Waals surface area contributed by atoms with E-state index in [9.17, 15) is 9.59 Å². The van der Waals surface area contributed by atoms with E-state index in [1.807, 2.05) is 42.5 Å². The number of methoxy groups -OCH3 is 1.